The van der Waals surface area contributed by atoms with Gasteiger partial charge in [-0.3, -0.25) is 4.79 Å². The van der Waals surface area contributed by atoms with Crippen molar-refractivity contribution in [1.29, 1.82) is 0 Å². The van der Waals surface area contributed by atoms with E-state index in [2.05, 4.69) is 15.4 Å². The molecule has 1 aromatic carbocycles. The Morgan fingerprint density at radius 1 is 1.25 bits per heavy atom. The maximum atomic E-state index is 12.6. The number of rotatable bonds is 6. The van der Waals surface area contributed by atoms with E-state index in [1.165, 1.54) is 20.8 Å². The zero-order valence-corrected chi connectivity index (χ0v) is 16.7. The Labute approximate surface area is 171 Å². The molecule has 7 nitrogen and oxygen atoms in total. The van der Waals surface area contributed by atoms with E-state index in [1.54, 1.807) is 12.4 Å². The molecule has 9 heteroatoms. The Balaban J connectivity index is 1.51. The summed E-state index contributed by atoms with van der Waals surface area (Å²) in [6.07, 6.45) is 7.42. The highest BCUT2D eigenvalue weighted by molar-refractivity contribution is 7.98. The molecule has 1 amide bonds. The number of fused-ring (bicyclic) bond motifs is 1. The first-order chi connectivity index (χ1) is 13.6. The topological polar surface area (TPSA) is 81.3 Å². The molecule has 4 rings (SSSR count). The minimum Gasteiger partial charge on any atom is -0.352 e. The van der Waals surface area contributed by atoms with Crippen LogP contribution in [-0.4, -0.2) is 31.1 Å². The van der Waals surface area contributed by atoms with Crippen molar-refractivity contribution in [3.63, 3.8) is 0 Å². The Hall–Kier alpha value is -2.32. The Bertz CT molecular complexity index is 1040. The fraction of sp³-hybridized carbons (Fsp3) is 0.368. The van der Waals surface area contributed by atoms with Crippen LogP contribution in [0.4, 0.5) is 0 Å². The molecule has 1 saturated carbocycles. The van der Waals surface area contributed by atoms with Crippen molar-refractivity contribution in [2.24, 2.45) is 0 Å². The first kappa shape index (κ1) is 19.0. The summed E-state index contributed by atoms with van der Waals surface area (Å²) in [5.74, 6) is 0.494. The molecule has 2 aromatic heterocycles. The van der Waals surface area contributed by atoms with Crippen LogP contribution in [0.3, 0.4) is 0 Å². The highest BCUT2D eigenvalue weighted by atomic mass is 35.5. The Morgan fingerprint density at radius 3 is 2.75 bits per heavy atom. The van der Waals surface area contributed by atoms with Crippen LogP contribution in [0, 0.1) is 0 Å². The maximum absolute atomic E-state index is 12.6. The second-order valence-corrected chi connectivity index (χ2v) is 8.23. The molecule has 1 N–H and O–H groups in total. The molecule has 1 aliphatic rings. The third-order valence-electron chi connectivity index (χ3n) is 4.77. The molecular formula is C19H20ClN5O2S. The second-order valence-electron chi connectivity index (χ2n) is 6.83. The standard InChI is InChI=1S/C19H20ClN5O2S/c20-14-7-5-13(6-8-14)12-28-18-17-23-25(19(27)24(17)10-9-21-18)11-16(26)22-15-3-1-2-4-15/h5-10,15H,1-4,11-12H2,(H,22,26). The summed E-state index contributed by atoms with van der Waals surface area (Å²) in [6.45, 7) is -0.0850. The number of nitrogens with zero attached hydrogens (tertiary/aromatic N) is 4. The van der Waals surface area contributed by atoms with Gasteiger partial charge in [0.05, 0.1) is 0 Å². The number of carbonyl (C=O) groups is 1. The third kappa shape index (κ3) is 4.23. The second kappa shape index (κ2) is 8.36. The van der Waals surface area contributed by atoms with Crippen molar-refractivity contribution >= 4 is 34.9 Å². The van der Waals surface area contributed by atoms with Gasteiger partial charge >= 0.3 is 5.69 Å². The quantitative estimate of drug-likeness (QED) is 0.623. The zero-order valence-electron chi connectivity index (χ0n) is 15.2. The molecule has 0 saturated heterocycles. The molecule has 0 spiro atoms. The molecule has 0 atom stereocenters. The van der Waals surface area contributed by atoms with Gasteiger partial charge in [-0.15, -0.1) is 5.10 Å². The van der Waals surface area contributed by atoms with Crippen LogP contribution in [0.5, 0.6) is 0 Å². The molecule has 146 valence electrons. The number of amides is 1. The lowest BCUT2D eigenvalue weighted by molar-refractivity contribution is -0.122. The van der Waals surface area contributed by atoms with Gasteiger partial charge in [-0.2, -0.15) is 0 Å². The summed E-state index contributed by atoms with van der Waals surface area (Å²) in [4.78, 5) is 29.2. The van der Waals surface area contributed by atoms with Gasteiger partial charge in [0.25, 0.3) is 0 Å². The number of thioether (sulfide) groups is 1. The van der Waals surface area contributed by atoms with E-state index in [9.17, 15) is 9.59 Å². The fourth-order valence-electron chi connectivity index (χ4n) is 3.34. The average Bonchev–Trinajstić information content (AvgIpc) is 3.30. The number of halogens is 1. The van der Waals surface area contributed by atoms with Gasteiger partial charge < -0.3 is 5.32 Å². The minimum absolute atomic E-state index is 0.0850. The van der Waals surface area contributed by atoms with E-state index in [0.717, 1.165) is 31.2 Å². The van der Waals surface area contributed by atoms with Crippen LogP contribution in [0.2, 0.25) is 5.02 Å². The van der Waals surface area contributed by atoms with Crippen LogP contribution >= 0.6 is 23.4 Å². The summed E-state index contributed by atoms with van der Waals surface area (Å²) in [5, 5.41) is 8.67. The van der Waals surface area contributed by atoms with E-state index in [1.807, 2.05) is 24.3 Å². The molecule has 0 aliphatic heterocycles. The molecule has 1 fully saturated rings. The fourth-order valence-corrected chi connectivity index (χ4v) is 4.37. The lowest BCUT2D eigenvalue weighted by Gasteiger charge is -2.10. The number of nitrogens with one attached hydrogen (secondary N) is 1. The molecule has 28 heavy (non-hydrogen) atoms. The van der Waals surface area contributed by atoms with E-state index < -0.39 is 0 Å². The van der Waals surface area contributed by atoms with E-state index in [0.29, 0.717) is 21.4 Å². The highest BCUT2D eigenvalue weighted by Crippen LogP contribution is 2.24. The first-order valence-electron chi connectivity index (χ1n) is 9.21. The Kier molecular flexibility index (Phi) is 5.68. The van der Waals surface area contributed by atoms with Crippen molar-refractivity contribution in [3.05, 3.63) is 57.7 Å². The van der Waals surface area contributed by atoms with Crippen LogP contribution in [-0.2, 0) is 17.1 Å². The third-order valence-corrected chi connectivity index (χ3v) is 6.06. The van der Waals surface area contributed by atoms with E-state index in [-0.39, 0.29) is 24.2 Å². The molecule has 1 aliphatic carbocycles. The van der Waals surface area contributed by atoms with Crippen molar-refractivity contribution in [3.8, 4) is 0 Å². The normalized spacial score (nSPS) is 14.6. The number of hydrogen-bond acceptors (Lipinski definition) is 5. The average molecular weight is 418 g/mol. The van der Waals surface area contributed by atoms with Crippen molar-refractivity contribution in [2.75, 3.05) is 0 Å². The zero-order chi connectivity index (χ0) is 19.5. The van der Waals surface area contributed by atoms with Gasteiger partial charge in [-0.1, -0.05) is 48.3 Å². The summed E-state index contributed by atoms with van der Waals surface area (Å²) in [5.41, 5.74) is 1.21. The van der Waals surface area contributed by atoms with Gasteiger partial charge in [0, 0.05) is 29.2 Å². The molecule has 0 bridgehead atoms. The van der Waals surface area contributed by atoms with Crippen LogP contribution in [0.1, 0.15) is 31.2 Å². The smallest absolute Gasteiger partial charge is 0.350 e. The van der Waals surface area contributed by atoms with Gasteiger partial charge in [0.1, 0.15) is 11.6 Å². The van der Waals surface area contributed by atoms with Crippen molar-refractivity contribution < 1.29 is 4.79 Å². The van der Waals surface area contributed by atoms with Crippen LogP contribution < -0.4 is 11.0 Å². The van der Waals surface area contributed by atoms with E-state index in [4.69, 9.17) is 11.6 Å². The van der Waals surface area contributed by atoms with Crippen molar-refractivity contribution in [2.45, 2.75) is 49.0 Å². The molecule has 0 unspecified atom stereocenters. The molecule has 3 aromatic rings. The summed E-state index contributed by atoms with van der Waals surface area (Å²) >= 11 is 7.41. The predicted octanol–water partition coefficient (Wildman–Crippen LogP) is 2.90. The predicted molar refractivity (Wildman–Crippen MR) is 109 cm³/mol. The van der Waals surface area contributed by atoms with Gasteiger partial charge in [-0.05, 0) is 30.5 Å². The number of benzene rings is 1. The largest absolute Gasteiger partial charge is 0.352 e. The highest BCUT2D eigenvalue weighted by Gasteiger charge is 2.19. The van der Waals surface area contributed by atoms with Gasteiger partial charge in [-0.25, -0.2) is 18.9 Å². The number of carbonyl (C=O) groups excluding carboxylic acids is 1. The Morgan fingerprint density at radius 2 is 2.00 bits per heavy atom. The number of aromatic nitrogens is 4. The summed E-state index contributed by atoms with van der Waals surface area (Å²) in [7, 11) is 0. The molecular weight excluding hydrogens is 398 g/mol. The van der Waals surface area contributed by atoms with Gasteiger partial charge in [0.2, 0.25) is 5.91 Å². The van der Waals surface area contributed by atoms with E-state index >= 15 is 0 Å². The molecule has 2 heterocycles. The number of hydrogen-bond donors (Lipinski definition) is 1. The summed E-state index contributed by atoms with van der Waals surface area (Å²) in [6, 6.07) is 7.80. The SMILES string of the molecule is O=C(Cn1nc2c(SCc3ccc(Cl)cc3)nccn2c1=O)NC1CCCC1. The maximum Gasteiger partial charge on any atom is 0.350 e. The molecule has 0 radical (unpaired) electrons. The van der Waals surface area contributed by atoms with Gasteiger partial charge in [0.15, 0.2) is 5.65 Å². The first-order valence-corrected chi connectivity index (χ1v) is 10.6. The lowest BCUT2D eigenvalue weighted by Crippen LogP contribution is -2.37. The lowest BCUT2D eigenvalue weighted by atomic mass is 10.2. The minimum atomic E-state index is -0.340. The van der Waals surface area contributed by atoms with Crippen LogP contribution in [0.15, 0.2) is 46.5 Å². The van der Waals surface area contributed by atoms with Crippen molar-refractivity contribution in [1.82, 2.24) is 24.5 Å². The monoisotopic (exact) mass is 417 g/mol. The summed E-state index contributed by atoms with van der Waals surface area (Å²) < 4.78 is 2.63. The van der Waals surface area contributed by atoms with Crippen LogP contribution in [0.25, 0.3) is 5.65 Å².